The van der Waals surface area contributed by atoms with Crippen LogP contribution in [0.25, 0.3) is 0 Å². The Morgan fingerprint density at radius 1 is 1.11 bits per heavy atom. The highest BCUT2D eigenvalue weighted by molar-refractivity contribution is 7.80. The van der Waals surface area contributed by atoms with Gasteiger partial charge < -0.3 is 20.3 Å². The zero-order valence-corrected chi connectivity index (χ0v) is 22.6. The first kappa shape index (κ1) is 27.4. The van der Waals surface area contributed by atoms with Gasteiger partial charge in [0.2, 0.25) is 11.8 Å². The second kappa shape index (κ2) is 11.7. The summed E-state index contributed by atoms with van der Waals surface area (Å²) in [5.74, 6) is -0.106. The number of nitrogens with one attached hydrogen (secondary N) is 2. The van der Waals surface area contributed by atoms with Gasteiger partial charge in [-0.3, -0.25) is 9.59 Å². The van der Waals surface area contributed by atoms with Gasteiger partial charge >= 0.3 is 6.09 Å². The van der Waals surface area contributed by atoms with E-state index >= 15 is 0 Å². The fourth-order valence-electron chi connectivity index (χ4n) is 4.70. The molecular formula is C27H41N3O4S. The third kappa shape index (κ3) is 7.63. The van der Waals surface area contributed by atoms with Crippen molar-refractivity contribution in [3.05, 3.63) is 35.4 Å². The topological polar surface area (TPSA) is 87.7 Å². The molecule has 4 unspecified atom stereocenters. The molecule has 0 aliphatic heterocycles. The smallest absolute Gasteiger partial charge is 0.408 e. The molecule has 2 aliphatic carbocycles. The third-order valence-electron chi connectivity index (χ3n) is 6.72. The molecule has 2 N–H and O–H groups in total. The van der Waals surface area contributed by atoms with Crippen molar-refractivity contribution in [1.29, 1.82) is 0 Å². The van der Waals surface area contributed by atoms with Crippen molar-refractivity contribution >= 4 is 30.5 Å². The predicted molar refractivity (Wildman–Crippen MR) is 140 cm³/mol. The maximum atomic E-state index is 13.9. The van der Waals surface area contributed by atoms with Gasteiger partial charge in [-0.05, 0) is 58.4 Å². The van der Waals surface area contributed by atoms with E-state index in [1.54, 1.807) is 25.7 Å². The third-order valence-corrected chi connectivity index (χ3v) is 7.09. The number of amides is 3. The van der Waals surface area contributed by atoms with Crippen molar-refractivity contribution in [3.63, 3.8) is 0 Å². The number of benzene rings is 1. The lowest BCUT2D eigenvalue weighted by molar-refractivity contribution is -0.143. The summed E-state index contributed by atoms with van der Waals surface area (Å²) in [6.45, 7) is 9.38. The van der Waals surface area contributed by atoms with Crippen LogP contribution in [-0.4, -0.2) is 52.3 Å². The summed E-state index contributed by atoms with van der Waals surface area (Å²) in [5, 5.41) is 5.91. The van der Waals surface area contributed by atoms with E-state index in [0.717, 1.165) is 43.2 Å². The van der Waals surface area contributed by atoms with Crippen LogP contribution in [-0.2, 0) is 14.3 Å². The first-order valence-electron chi connectivity index (χ1n) is 12.8. The average molecular weight is 504 g/mol. The summed E-state index contributed by atoms with van der Waals surface area (Å²) in [5.41, 5.74) is 1.16. The van der Waals surface area contributed by atoms with Gasteiger partial charge in [-0.25, -0.2) is 4.79 Å². The first-order valence-corrected chi connectivity index (χ1v) is 13.4. The molecule has 0 radical (unpaired) electrons. The molecule has 2 fully saturated rings. The van der Waals surface area contributed by atoms with Crippen LogP contribution in [0.2, 0.25) is 0 Å². The SMILES string of the molecule is Cc1ccc(C(C(=O)NC2CCCCC2)N(C(=O)C(CS)NC(=O)OC(C)(C)C)C2CC2C)cc1. The largest absolute Gasteiger partial charge is 0.444 e. The van der Waals surface area contributed by atoms with Gasteiger partial charge in [0.05, 0.1) is 0 Å². The normalized spacial score (nSPS) is 22.0. The molecule has 0 heterocycles. The molecule has 2 saturated carbocycles. The van der Waals surface area contributed by atoms with Gasteiger partial charge in [-0.2, -0.15) is 12.6 Å². The molecule has 1 aromatic carbocycles. The number of hydrogen-bond donors (Lipinski definition) is 3. The maximum Gasteiger partial charge on any atom is 0.408 e. The van der Waals surface area contributed by atoms with E-state index in [4.69, 9.17) is 4.74 Å². The summed E-state index contributed by atoms with van der Waals surface area (Å²) in [6, 6.07) is 6.13. The Morgan fingerprint density at radius 2 is 1.71 bits per heavy atom. The van der Waals surface area contributed by atoms with E-state index in [9.17, 15) is 14.4 Å². The first-order chi connectivity index (χ1) is 16.5. The van der Waals surface area contributed by atoms with Gasteiger partial charge in [-0.15, -0.1) is 0 Å². The quantitative estimate of drug-likeness (QED) is 0.455. The molecule has 3 rings (SSSR count). The molecule has 35 heavy (non-hydrogen) atoms. The number of ether oxygens (including phenoxy) is 1. The van der Waals surface area contributed by atoms with Crippen LogP contribution in [0.15, 0.2) is 24.3 Å². The molecule has 0 saturated heterocycles. The summed E-state index contributed by atoms with van der Waals surface area (Å²) in [7, 11) is 0. The van der Waals surface area contributed by atoms with E-state index in [0.29, 0.717) is 0 Å². The number of rotatable bonds is 8. The molecular weight excluding hydrogens is 462 g/mol. The van der Waals surface area contributed by atoms with Crippen molar-refractivity contribution in [2.75, 3.05) is 5.75 Å². The van der Waals surface area contributed by atoms with Crippen LogP contribution in [0.3, 0.4) is 0 Å². The zero-order valence-electron chi connectivity index (χ0n) is 21.7. The molecule has 8 heteroatoms. The Morgan fingerprint density at radius 3 is 2.23 bits per heavy atom. The molecule has 0 spiro atoms. The lowest BCUT2D eigenvalue weighted by atomic mass is 9.94. The van der Waals surface area contributed by atoms with Gasteiger partial charge in [0.25, 0.3) is 0 Å². The number of aryl methyl sites for hydroxylation is 1. The van der Waals surface area contributed by atoms with Crippen molar-refractivity contribution in [2.45, 2.75) is 103 Å². The Labute approximate surface area is 215 Å². The van der Waals surface area contributed by atoms with E-state index in [1.807, 2.05) is 31.2 Å². The highest BCUT2D eigenvalue weighted by Crippen LogP contribution is 2.41. The van der Waals surface area contributed by atoms with Crippen molar-refractivity contribution in [2.24, 2.45) is 5.92 Å². The lowest BCUT2D eigenvalue weighted by Gasteiger charge is -2.36. The van der Waals surface area contributed by atoms with Gasteiger partial charge in [0.15, 0.2) is 0 Å². The van der Waals surface area contributed by atoms with E-state index < -0.39 is 23.8 Å². The van der Waals surface area contributed by atoms with E-state index in [2.05, 4.69) is 30.2 Å². The second-order valence-electron chi connectivity index (χ2n) is 11.1. The molecule has 2 aliphatic rings. The number of carbonyl (C=O) groups is 3. The molecule has 7 nitrogen and oxygen atoms in total. The van der Waals surface area contributed by atoms with Crippen molar-refractivity contribution in [3.8, 4) is 0 Å². The molecule has 194 valence electrons. The minimum absolute atomic E-state index is 0.0753. The maximum absolute atomic E-state index is 13.9. The zero-order chi connectivity index (χ0) is 25.8. The number of carbonyl (C=O) groups excluding carboxylic acids is 3. The number of thiol groups is 1. The Kier molecular flexibility index (Phi) is 9.13. The van der Waals surface area contributed by atoms with Crippen LogP contribution in [0.4, 0.5) is 4.79 Å². The fraction of sp³-hybridized carbons (Fsp3) is 0.667. The van der Waals surface area contributed by atoms with Gasteiger partial charge in [-0.1, -0.05) is 56.0 Å². The van der Waals surface area contributed by atoms with Gasteiger partial charge in [0, 0.05) is 17.8 Å². The standard InChI is InChI=1S/C27H41N3O4S/c1-17-11-13-19(14-12-17)23(24(31)28-20-9-7-6-8-10-20)30(22-15-18(22)2)25(32)21(16-35)29-26(33)34-27(3,4)5/h11-14,18,20-23,35H,6-10,15-16H2,1-5H3,(H,28,31)(H,29,33). The monoisotopic (exact) mass is 503 g/mol. The Hall–Kier alpha value is -2.22. The highest BCUT2D eigenvalue weighted by atomic mass is 32.1. The number of alkyl carbamates (subject to hydrolysis) is 1. The van der Waals surface area contributed by atoms with Crippen LogP contribution < -0.4 is 10.6 Å². The van der Waals surface area contributed by atoms with Crippen LogP contribution in [0, 0.1) is 12.8 Å². The summed E-state index contributed by atoms with van der Waals surface area (Å²) >= 11 is 4.36. The lowest BCUT2D eigenvalue weighted by Crippen LogP contribution is -2.55. The van der Waals surface area contributed by atoms with Crippen LogP contribution in [0.5, 0.6) is 0 Å². The Balaban J connectivity index is 1.90. The predicted octanol–water partition coefficient (Wildman–Crippen LogP) is 4.55. The average Bonchev–Trinajstić information content (AvgIpc) is 3.51. The molecule has 1 aromatic rings. The molecule has 3 amide bonds. The highest BCUT2D eigenvalue weighted by Gasteiger charge is 2.48. The van der Waals surface area contributed by atoms with E-state index in [-0.39, 0.29) is 35.6 Å². The minimum atomic E-state index is -0.906. The summed E-state index contributed by atoms with van der Waals surface area (Å²) in [4.78, 5) is 41.8. The van der Waals surface area contributed by atoms with Crippen molar-refractivity contribution < 1.29 is 19.1 Å². The van der Waals surface area contributed by atoms with Crippen LogP contribution >= 0.6 is 12.6 Å². The molecule has 0 aromatic heterocycles. The van der Waals surface area contributed by atoms with Crippen LogP contribution in [0.1, 0.15) is 83.4 Å². The summed E-state index contributed by atoms with van der Waals surface area (Å²) < 4.78 is 5.37. The molecule has 0 bridgehead atoms. The number of hydrogen-bond acceptors (Lipinski definition) is 5. The molecule has 4 atom stereocenters. The Bertz CT molecular complexity index is 893. The van der Waals surface area contributed by atoms with Gasteiger partial charge in [0.1, 0.15) is 17.7 Å². The second-order valence-corrected chi connectivity index (χ2v) is 11.4. The summed E-state index contributed by atoms with van der Waals surface area (Å²) in [6.07, 6.45) is 5.45. The fourth-order valence-corrected chi connectivity index (χ4v) is 4.95. The van der Waals surface area contributed by atoms with E-state index in [1.165, 1.54) is 6.42 Å². The minimum Gasteiger partial charge on any atom is -0.444 e. The van der Waals surface area contributed by atoms with Crippen molar-refractivity contribution in [1.82, 2.24) is 15.5 Å². The number of nitrogens with zero attached hydrogens (tertiary/aromatic N) is 1.